The van der Waals surface area contributed by atoms with Crippen molar-refractivity contribution in [1.82, 2.24) is 19.4 Å². The van der Waals surface area contributed by atoms with Crippen molar-refractivity contribution in [2.24, 2.45) is 0 Å². The van der Waals surface area contributed by atoms with Crippen LogP contribution in [0.5, 0.6) is 0 Å². The van der Waals surface area contributed by atoms with E-state index in [1.807, 2.05) is 20.9 Å². The smallest absolute Gasteiger partial charge is 0.246 e. The number of rotatable bonds is 6. The minimum Gasteiger partial charge on any atom is -0.320 e. The molecule has 2 unspecified atom stereocenters. The molecule has 1 aromatic heterocycles. The quantitative estimate of drug-likeness (QED) is 0.807. The summed E-state index contributed by atoms with van der Waals surface area (Å²) in [4.78, 5) is 0.313. The average Bonchev–Trinajstić information content (AvgIpc) is 2.88. The van der Waals surface area contributed by atoms with Gasteiger partial charge in [-0.15, -0.1) is 0 Å². The summed E-state index contributed by atoms with van der Waals surface area (Å²) in [6.45, 7) is 5.60. The van der Waals surface area contributed by atoms with E-state index in [1.54, 1.807) is 15.2 Å². The number of aromatic nitrogens is 2. The predicted molar refractivity (Wildman–Crippen MR) is 82.6 cm³/mol. The van der Waals surface area contributed by atoms with Gasteiger partial charge in [0.1, 0.15) is 4.90 Å². The van der Waals surface area contributed by atoms with Crippen molar-refractivity contribution in [3.63, 3.8) is 0 Å². The highest BCUT2D eigenvalue weighted by Gasteiger charge is 2.36. The van der Waals surface area contributed by atoms with Crippen LogP contribution in [-0.2, 0) is 16.6 Å². The highest BCUT2D eigenvalue weighted by Crippen LogP contribution is 2.29. The molecular weight excluding hydrogens is 288 g/mol. The lowest BCUT2D eigenvalue weighted by Gasteiger charge is -2.37. The van der Waals surface area contributed by atoms with E-state index in [0.29, 0.717) is 4.90 Å². The van der Waals surface area contributed by atoms with Crippen molar-refractivity contribution < 1.29 is 8.42 Å². The molecular formula is C14H26N4O2S. The zero-order chi connectivity index (χ0) is 15.5. The first-order chi connectivity index (χ1) is 9.96. The molecule has 0 saturated carbocycles. The molecule has 0 bridgehead atoms. The molecule has 1 N–H and O–H groups in total. The van der Waals surface area contributed by atoms with E-state index in [-0.39, 0.29) is 12.1 Å². The number of nitrogens with one attached hydrogen (secondary N) is 1. The number of hydrogen-bond donors (Lipinski definition) is 1. The van der Waals surface area contributed by atoms with Crippen LogP contribution in [0.15, 0.2) is 17.3 Å². The van der Waals surface area contributed by atoms with Crippen LogP contribution < -0.4 is 5.32 Å². The predicted octanol–water partition coefficient (Wildman–Crippen LogP) is 1.44. The maximum atomic E-state index is 12.8. The van der Waals surface area contributed by atoms with Gasteiger partial charge in [0.05, 0.1) is 6.20 Å². The summed E-state index contributed by atoms with van der Waals surface area (Å²) in [6.07, 6.45) is 7.01. The molecule has 1 fully saturated rings. The highest BCUT2D eigenvalue weighted by atomic mass is 32.2. The normalized spacial score (nSPS) is 24.3. The van der Waals surface area contributed by atoms with Crippen LogP contribution in [0.1, 0.15) is 39.5 Å². The van der Waals surface area contributed by atoms with Gasteiger partial charge in [0.15, 0.2) is 0 Å². The van der Waals surface area contributed by atoms with E-state index in [9.17, 15) is 8.42 Å². The summed E-state index contributed by atoms with van der Waals surface area (Å²) >= 11 is 0. The topological polar surface area (TPSA) is 67.2 Å². The maximum Gasteiger partial charge on any atom is 0.246 e. The fourth-order valence-corrected chi connectivity index (χ4v) is 4.85. The first kappa shape index (κ1) is 16.5. The van der Waals surface area contributed by atoms with Gasteiger partial charge in [0.2, 0.25) is 10.0 Å². The third kappa shape index (κ3) is 3.64. The molecule has 2 heterocycles. The molecule has 0 radical (unpaired) electrons. The van der Waals surface area contributed by atoms with Crippen LogP contribution in [0.4, 0.5) is 0 Å². The number of sulfonamides is 1. The summed E-state index contributed by atoms with van der Waals surface area (Å²) in [5.41, 5.74) is 0. The van der Waals surface area contributed by atoms with Crippen molar-refractivity contribution >= 4 is 10.0 Å². The van der Waals surface area contributed by atoms with Crippen LogP contribution in [-0.4, -0.2) is 48.2 Å². The van der Waals surface area contributed by atoms with Crippen LogP contribution in [0, 0.1) is 0 Å². The SMILES string of the molecule is CNCCCn1cc(S(=O)(=O)N2C(C)CCCC2C)cn1. The van der Waals surface area contributed by atoms with Crippen LogP contribution in [0.2, 0.25) is 0 Å². The minimum atomic E-state index is -3.44. The third-order valence-electron chi connectivity index (χ3n) is 4.11. The van der Waals surface area contributed by atoms with Gasteiger partial charge in [-0.1, -0.05) is 6.42 Å². The summed E-state index contributed by atoms with van der Waals surface area (Å²) < 4.78 is 29.0. The summed E-state index contributed by atoms with van der Waals surface area (Å²) in [6, 6.07) is 0.123. The second-order valence-electron chi connectivity index (χ2n) is 5.86. The van der Waals surface area contributed by atoms with E-state index in [0.717, 1.165) is 38.8 Å². The Balaban J connectivity index is 2.15. The Morgan fingerprint density at radius 1 is 1.33 bits per heavy atom. The molecule has 0 aliphatic carbocycles. The minimum absolute atomic E-state index is 0.0615. The molecule has 1 aliphatic rings. The lowest BCUT2D eigenvalue weighted by Crippen LogP contribution is -2.47. The molecule has 6 nitrogen and oxygen atoms in total. The van der Waals surface area contributed by atoms with Crippen LogP contribution >= 0.6 is 0 Å². The monoisotopic (exact) mass is 314 g/mol. The standard InChI is InChI=1S/C14H26N4O2S/c1-12-6-4-7-13(2)18(12)21(19,20)14-10-16-17(11-14)9-5-8-15-3/h10-13,15H,4-9H2,1-3H3. The number of nitrogens with zero attached hydrogens (tertiary/aromatic N) is 3. The van der Waals surface area contributed by atoms with E-state index in [2.05, 4.69) is 10.4 Å². The Labute approximate surface area is 127 Å². The third-order valence-corrected chi connectivity index (χ3v) is 6.19. The zero-order valence-electron chi connectivity index (χ0n) is 13.1. The number of piperidine rings is 1. The Hall–Kier alpha value is -0.920. The van der Waals surface area contributed by atoms with Gasteiger partial charge in [0, 0.05) is 24.8 Å². The molecule has 1 aliphatic heterocycles. The van der Waals surface area contributed by atoms with Crippen molar-refractivity contribution in [2.75, 3.05) is 13.6 Å². The van der Waals surface area contributed by atoms with Gasteiger partial charge < -0.3 is 5.32 Å². The lowest BCUT2D eigenvalue weighted by atomic mass is 10.0. The number of aryl methyl sites for hydroxylation is 1. The summed E-state index contributed by atoms with van der Waals surface area (Å²) in [7, 11) is -1.53. The van der Waals surface area contributed by atoms with E-state index >= 15 is 0 Å². The highest BCUT2D eigenvalue weighted by molar-refractivity contribution is 7.89. The molecule has 2 rings (SSSR count). The van der Waals surface area contributed by atoms with Gasteiger partial charge in [-0.05, 0) is 46.7 Å². The fourth-order valence-electron chi connectivity index (χ4n) is 3.01. The first-order valence-corrected chi connectivity index (χ1v) is 9.11. The van der Waals surface area contributed by atoms with Crippen LogP contribution in [0.3, 0.4) is 0 Å². The lowest BCUT2D eigenvalue weighted by molar-refractivity contribution is 0.204. The Morgan fingerprint density at radius 3 is 2.62 bits per heavy atom. The molecule has 1 saturated heterocycles. The zero-order valence-corrected chi connectivity index (χ0v) is 13.9. The summed E-state index contributed by atoms with van der Waals surface area (Å²) in [5, 5.41) is 7.25. The molecule has 1 aromatic rings. The second-order valence-corrected chi connectivity index (χ2v) is 7.70. The largest absolute Gasteiger partial charge is 0.320 e. The van der Waals surface area contributed by atoms with E-state index < -0.39 is 10.0 Å². The van der Waals surface area contributed by atoms with Gasteiger partial charge in [0.25, 0.3) is 0 Å². The molecule has 7 heteroatoms. The van der Waals surface area contributed by atoms with Crippen molar-refractivity contribution in [2.45, 2.75) is 63.1 Å². The molecule has 0 aromatic carbocycles. The number of hydrogen-bond acceptors (Lipinski definition) is 4. The van der Waals surface area contributed by atoms with Crippen molar-refractivity contribution in [1.29, 1.82) is 0 Å². The second kappa shape index (κ2) is 6.89. The van der Waals surface area contributed by atoms with Gasteiger partial charge >= 0.3 is 0 Å². The van der Waals surface area contributed by atoms with Crippen LogP contribution in [0.25, 0.3) is 0 Å². The Bertz CT molecular complexity index is 545. The molecule has 0 amide bonds. The Morgan fingerprint density at radius 2 is 2.00 bits per heavy atom. The van der Waals surface area contributed by atoms with E-state index in [4.69, 9.17) is 0 Å². The van der Waals surface area contributed by atoms with Crippen molar-refractivity contribution in [3.05, 3.63) is 12.4 Å². The van der Waals surface area contributed by atoms with Gasteiger partial charge in [-0.2, -0.15) is 9.40 Å². The molecule has 0 spiro atoms. The summed E-state index contributed by atoms with van der Waals surface area (Å²) in [5.74, 6) is 0. The molecule has 120 valence electrons. The molecule has 21 heavy (non-hydrogen) atoms. The average molecular weight is 314 g/mol. The van der Waals surface area contributed by atoms with E-state index in [1.165, 1.54) is 6.20 Å². The fraction of sp³-hybridized carbons (Fsp3) is 0.786. The molecule has 2 atom stereocenters. The maximum absolute atomic E-state index is 12.8. The first-order valence-electron chi connectivity index (χ1n) is 7.67. The van der Waals surface area contributed by atoms with Gasteiger partial charge in [-0.3, -0.25) is 4.68 Å². The Kier molecular flexibility index (Phi) is 5.40. The van der Waals surface area contributed by atoms with Gasteiger partial charge in [-0.25, -0.2) is 8.42 Å². The van der Waals surface area contributed by atoms with Crippen molar-refractivity contribution in [3.8, 4) is 0 Å².